The number of benzene rings is 6. The first kappa shape index (κ1) is 39.8. The summed E-state index contributed by atoms with van der Waals surface area (Å²) in [5, 5.41) is 2.35. The molecule has 5 heteroatoms. The average Bonchev–Trinajstić information content (AvgIpc) is 3.76. The van der Waals surface area contributed by atoms with Crippen LogP contribution in [0.25, 0.3) is 38.8 Å². The summed E-state index contributed by atoms with van der Waals surface area (Å²) >= 11 is 0. The van der Waals surface area contributed by atoms with E-state index >= 15 is 0 Å². The lowest BCUT2D eigenvalue weighted by Crippen LogP contribution is -2.27. The van der Waals surface area contributed by atoms with Gasteiger partial charge in [-0.25, -0.2) is 4.98 Å². The Hall–Kier alpha value is -6.59. The molecule has 1 aliphatic heterocycles. The molecule has 61 heavy (non-hydrogen) atoms. The number of nitrogens with zero attached hydrogens (tertiary/aromatic N) is 4. The number of anilines is 2. The minimum Gasteiger partial charge on any atom is -0.457 e. The van der Waals surface area contributed by atoms with Crippen molar-refractivity contribution < 1.29 is 4.74 Å². The van der Waals surface area contributed by atoms with Crippen LogP contribution in [-0.4, -0.2) is 16.2 Å². The van der Waals surface area contributed by atoms with E-state index in [-0.39, 0.29) is 10.8 Å². The zero-order chi connectivity index (χ0) is 42.6. The summed E-state index contributed by atoms with van der Waals surface area (Å²) < 4.78 is 9.26. The van der Waals surface area contributed by atoms with Crippen LogP contribution in [0.15, 0.2) is 169 Å². The molecule has 0 saturated heterocycles. The largest absolute Gasteiger partial charge is 0.457 e. The van der Waals surface area contributed by atoms with Crippen LogP contribution in [0.1, 0.15) is 90.5 Å². The highest BCUT2D eigenvalue weighted by atomic mass is 16.5. The fourth-order valence-corrected chi connectivity index (χ4v) is 9.00. The lowest BCUT2D eigenvalue weighted by molar-refractivity contribution is 0.483. The second kappa shape index (κ2) is 15.5. The molecule has 8 aromatic rings. The van der Waals surface area contributed by atoms with E-state index in [1.54, 1.807) is 0 Å². The Bertz CT molecular complexity index is 2930. The van der Waals surface area contributed by atoms with Crippen molar-refractivity contribution in [3.8, 4) is 28.4 Å². The Morgan fingerprint density at radius 3 is 1.95 bits per heavy atom. The molecule has 0 N–H and O–H groups in total. The summed E-state index contributed by atoms with van der Waals surface area (Å²) in [6, 6.07) is 54.8. The van der Waals surface area contributed by atoms with Crippen LogP contribution in [0.4, 0.5) is 11.4 Å². The van der Waals surface area contributed by atoms with E-state index in [4.69, 9.17) is 9.72 Å². The van der Waals surface area contributed by atoms with Gasteiger partial charge >= 0.3 is 0 Å². The molecule has 1 aliphatic rings. The summed E-state index contributed by atoms with van der Waals surface area (Å²) in [5.41, 5.74) is 14.3. The van der Waals surface area contributed by atoms with Crippen molar-refractivity contribution in [2.45, 2.75) is 79.1 Å². The van der Waals surface area contributed by atoms with Crippen LogP contribution in [-0.2, 0) is 10.8 Å². The summed E-state index contributed by atoms with van der Waals surface area (Å²) in [6.45, 7) is 21.0. The van der Waals surface area contributed by atoms with Gasteiger partial charge in [0.2, 0.25) is 0 Å². The molecule has 3 heterocycles. The van der Waals surface area contributed by atoms with Crippen LogP contribution in [0.5, 0.6) is 11.5 Å². The van der Waals surface area contributed by atoms with Gasteiger partial charge in [0.25, 0.3) is 0 Å². The van der Waals surface area contributed by atoms with E-state index in [1.165, 1.54) is 50.3 Å². The van der Waals surface area contributed by atoms with E-state index < -0.39 is 0 Å². The van der Waals surface area contributed by atoms with E-state index in [1.807, 2.05) is 6.20 Å². The first-order valence-electron chi connectivity index (χ1n) is 21.6. The van der Waals surface area contributed by atoms with Crippen molar-refractivity contribution in [1.82, 2.24) is 9.55 Å². The standard InChI is InChI=1S/C56H56N4O/c1-37(2)48-19-13-14-20-49(48)40-31-45(59-36-58(38(3)39(59)4)44-25-23-42(24-26-44)56(8,9)41-17-11-10-12-18-41)34-47(32-40)61-46-27-28-51-50-21-15-16-22-52(50)60(53(51)35-46)54-33-43(29-30-57-54)55(5,6)7/h10-35,37H,36H2,1-9H3. The molecule has 306 valence electrons. The van der Waals surface area contributed by atoms with E-state index in [2.05, 4.69) is 228 Å². The Balaban J connectivity index is 1.11. The molecule has 0 radical (unpaired) electrons. The molecule has 0 amide bonds. The third-order valence-electron chi connectivity index (χ3n) is 12.8. The minimum absolute atomic E-state index is 0.00948. The second-order valence-electron chi connectivity index (χ2n) is 18.5. The molecule has 0 spiro atoms. The molecule has 2 aromatic heterocycles. The monoisotopic (exact) mass is 800 g/mol. The number of pyridine rings is 1. The Morgan fingerprint density at radius 2 is 1.21 bits per heavy atom. The zero-order valence-electron chi connectivity index (χ0n) is 37.0. The highest BCUT2D eigenvalue weighted by Crippen LogP contribution is 2.42. The van der Waals surface area contributed by atoms with Gasteiger partial charge in [-0.2, -0.15) is 0 Å². The SMILES string of the molecule is CC1=C(C)N(c2cc(Oc3ccc4c5ccccc5n(-c5cc(C(C)(C)C)ccn5)c4c3)cc(-c3ccccc3C(C)C)c2)CN1c1ccc(C(C)(C)c2ccccc2)cc1. The highest BCUT2D eigenvalue weighted by Gasteiger charge is 2.29. The number of hydrogen-bond donors (Lipinski definition) is 0. The molecule has 0 fully saturated rings. The fourth-order valence-electron chi connectivity index (χ4n) is 9.00. The van der Waals surface area contributed by atoms with Gasteiger partial charge in [0.05, 0.1) is 17.7 Å². The zero-order valence-corrected chi connectivity index (χ0v) is 37.0. The number of rotatable bonds is 9. The highest BCUT2D eigenvalue weighted by molar-refractivity contribution is 6.09. The fraction of sp³-hybridized carbons (Fsp3) is 0.232. The van der Waals surface area contributed by atoms with Crippen LogP contribution < -0.4 is 14.5 Å². The van der Waals surface area contributed by atoms with E-state index in [0.717, 1.165) is 45.0 Å². The van der Waals surface area contributed by atoms with Gasteiger partial charge in [0.15, 0.2) is 0 Å². The maximum atomic E-state index is 6.98. The predicted molar refractivity (Wildman–Crippen MR) is 257 cm³/mol. The molecule has 9 rings (SSSR count). The first-order valence-corrected chi connectivity index (χ1v) is 21.6. The maximum absolute atomic E-state index is 6.98. The van der Waals surface area contributed by atoms with Gasteiger partial charge in [-0.3, -0.25) is 4.57 Å². The van der Waals surface area contributed by atoms with Crippen molar-refractivity contribution in [3.63, 3.8) is 0 Å². The summed E-state index contributed by atoms with van der Waals surface area (Å²) in [5.74, 6) is 2.82. The van der Waals surface area contributed by atoms with Crippen molar-refractivity contribution in [2.24, 2.45) is 0 Å². The third-order valence-corrected chi connectivity index (χ3v) is 12.8. The topological polar surface area (TPSA) is 33.5 Å². The van der Waals surface area contributed by atoms with Crippen molar-refractivity contribution >= 4 is 33.2 Å². The van der Waals surface area contributed by atoms with Crippen molar-refractivity contribution in [1.29, 1.82) is 0 Å². The van der Waals surface area contributed by atoms with E-state index in [0.29, 0.717) is 12.6 Å². The molecule has 0 saturated carbocycles. The quantitative estimate of drug-likeness (QED) is 0.146. The molecular weight excluding hydrogens is 745 g/mol. The van der Waals surface area contributed by atoms with Gasteiger partial charge in [0, 0.05) is 57.3 Å². The number of para-hydroxylation sites is 1. The van der Waals surface area contributed by atoms with Crippen molar-refractivity contribution in [3.05, 3.63) is 192 Å². The molecule has 5 nitrogen and oxygen atoms in total. The smallest absolute Gasteiger partial charge is 0.137 e. The molecule has 0 bridgehead atoms. The second-order valence-corrected chi connectivity index (χ2v) is 18.5. The lowest BCUT2D eigenvalue weighted by atomic mass is 9.78. The Morgan fingerprint density at radius 1 is 0.557 bits per heavy atom. The maximum Gasteiger partial charge on any atom is 0.137 e. The minimum atomic E-state index is -0.101. The van der Waals surface area contributed by atoms with Crippen molar-refractivity contribution in [2.75, 3.05) is 16.5 Å². The molecular formula is C56H56N4O. The summed E-state index contributed by atoms with van der Waals surface area (Å²) in [7, 11) is 0. The summed E-state index contributed by atoms with van der Waals surface area (Å²) in [6.07, 6.45) is 1.93. The molecule has 0 unspecified atom stereocenters. The predicted octanol–water partition coefficient (Wildman–Crippen LogP) is 14.9. The molecule has 6 aromatic carbocycles. The van der Waals surface area contributed by atoms with Gasteiger partial charge in [-0.15, -0.1) is 0 Å². The van der Waals surface area contributed by atoms with Crippen LogP contribution in [0.2, 0.25) is 0 Å². The Kier molecular flexibility index (Phi) is 10.1. The van der Waals surface area contributed by atoms with Gasteiger partial charge in [0.1, 0.15) is 17.3 Å². The first-order chi connectivity index (χ1) is 29.3. The summed E-state index contributed by atoms with van der Waals surface area (Å²) in [4.78, 5) is 9.74. The number of hydrogen-bond acceptors (Lipinski definition) is 4. The van der Waals surface area contributed by atoms with Crippen LogP contribution in [0, 0.1) is 0 Å². The number of fused-ring (bicyclic) bond motifs is 3. The van der Waals surface area contributed by atoms with Gasteiger partial charge < -0.3 is 14.5 Å². The lowest BCUT2D eigenvalue weighted by Gasteiger charge is -2.28. The van der Waals surface area contributed by atoms with Crippen LogP contribution >= 0.6 is 0 Å². The number of allylic oxidation sites excluding steroid dienone is 2. The number of aromatic nitrogens is 2. The van der Waals surface area contributed by atoms with Gasteiger partial charge in [-0.05, 0) is 113 Å². The average molecular weight is 801 g/mol. The molecule has 0 aliphatic carbocycles. The van der Waals surface area contributed by atoms with Gasteiger partial charge in [-0.1, -0.05) is 133 Å². The Labute approximate surface area is 361 Å². The molecule has 0 atom stereocenters. The van der Waals surface area contributed by atoms with Crippen LogP contribution in [0.3, 0.4) is 0 Å². The normalized spacial score (nSPS) is 13.6. The third kappa shape index (κ3) is 7.37. The number of ether oxygens (including phenoxy) is 1. The van der Waals surface area contributed by atoms with E-state index in [9.17, 15) is 0 Å².